The summed E-state index contributed by atoms with van der Waals surface area (Å²) >= 11 is 1.36. The SMILES string of the molecule is C/C(=N/NC(=O)CSc1nc2ccccc2[nH]1)c1ccc(C)cc1. The molecule has 6 heteroatoms. The van der Waals surface area contributed by atoms with Gasteiger partial charge in [0.25, 0.3) is 5.91 Å². The van der Waals surface area contributed by atoms with Crippen LogP contribution in [0.3, 0.4) is 0 Å². The van der Waals surface area contributed by atoms with Crippen molar-refractivity contribution in [2.24, 2.45) is 5.10 Å². The minimum absolute atomic E-state index is 0.160. The van der Waals surface area contributed by atoms with Crippen LogP contribution in [0.1, 0.15) is 18.1 Å². The second-order valence-electron chi connectivity index (χ2n) is 5.45. The second kappa shape index (κ2) is 7.31. The van der Waals surface area contributed by atoms with Gasteiger partial charge in [0, 0.05) is 0 Å². The fraction of sp³-hybridized carbons (Fsp3) is 0.167. The number of para-hydroxylation sites is 2. The highest BCUT2D eigenvalue weighted by atomic mass is 32.2. The van der Waals surface area contributed by atoms with Gasteiger partial charge in [-0.3, -0.25) is 4.79 Å². The number of aromatic amines is 1. The molecule has 0 spiro atoms. The van der Waals surface area contributed by atoms with Crippen molar-refractivity contribution in [1.82, 2.24) is 15.4 Å². The van der Waals surface area contributed by atoms with E-state index in [0.29, 0.717) is 0 Å². The summed E-state index contributed by atoms with van der Waals surface area (Å²) in [6.07, 6.45) is 0. The van der Waals surface area contributed by atoms with Gasteiger partial charge < -0.3 is 4.98 Å². The van der Waals surface area contributed by atoms with Crippen molar-refractivity contribution in [2.45, 2.75) is 19.0 Å². The van der Waals surface area contributed by atoms with E-state index in [9.17, 15) is 4.79 Å². The van der Waals surface area contributed by atoms with Crippen LogP contribution in [0.25, 0.3) is 11.0 Å². The third kappa shape index (κ3) is 4.02. The quantitative estimate of drug-likeness (QED) is 0.425. The maximum absolute atomic E-state index is 11.9. The Kier molecular flexibility index (Phi) is 4.96. The molecule has 0 atom stereocenters. The first-order valence-electron chi connectivity index (χ1n) is 7.59. The zero-order chi connectivity index (χ0) is 16.9. The Balaban J connectivity index is 1.55. The lowest BCUT2D eigenvalue weighted by Crippen LogP contribution is -2.21. The van der Waals surface area contributed by atoms with E-state index in [0.717, 1.165) is 27.5 Å². The maximum Gasteiger partial charge on any atom is 0.250 e. The summed E-state index contributed by atoms with van der Waals surface area (Å²) < 4.78 is 0. The minimum atomic E-state index is -0.160. The van der Waals surface area contributed by atoms with Crippen LogP contribution in [-0.2, 0) is 4.79 Å². The number of hydrogen-bond acceptors (Lipinski definition) is 4. The number of H-pyrrole nitrogens is 1. The summed E-state index contributed by atoms with van der Waals surface area (Å²) in [5.74, 6) is 0.0942. The number of carbonyl (C=O) groups is 1. The molecule has 1 aromatic heterocycles. The zero-order valence-electron chi connectivity index (χ0n) is 13.5. The first kappa shape index (κ1) is 16.3. The first-order chi connectivity index (χ1) is 11.6. The lowest BCUT2D eigenvalue weighted by molar-refractivity contribution is -0.118. The Hall–Kier alpha value is -2.60. The van der Waals surface area contributed by atoms with Crippen LogP contribution in [0, 0.1) is 6.92 Å². The van der Waals surface area contributed by atoms with Crippen LogP contribution >= 0.6 is 11.8 Å². The Labute approximate surface area is 144 Å². The Bertz CT molecular complexity index is 850. The van der Waals surface area contributed by atoms with Gasteiger partial charge in [0.15, 0.2) is 5.16 Å². The van der Waals surface area contributed by atoms with Gasteiger partial charge in [0.2, 0.25) is 0 Å². The molecule has 1 heterocycles. The third-order valence-electron chi connectivity index (χ3n) is 3.53. The number of amides is 1. The van der Waals surface area contributed by atoms with E-state index in [1.54, 1.807) is 0 Å². The van der Waals surface area contributed by atoms with Gasteiger partial charge in [-0.25, -0.2) is 10.4 Å². The largest absolute Gasteiger partial charge is 0.333 e. The summed E-state index contributed by atoms with van der Waals surface area (Å²) in [5.41, 5.74) is 7.41. The summed E-state index contributed by atoms with van der Waals surface area (Å²) in [4.78, 5) is 19.6. The third-order valence-corrected chi connectivity index (χ3v) is 4.40. The molecule has 5 nitrogen and oxygen atoms in total. The number of carbonyl (C=O) groups excluding carboxylic acids is 1. The number of imidazole rings is 1. The molecular weight excluding hydrogens is 320 g/mol. The van der Waals surface area contributed by atoms with Crippen molar-refractivity contribution in [3.05, 3.63) is 59.7 Å². The molecule has 0 unspecified atom stereocenters. The van der Waals surface area contributed by atoms with Crippen LogP contribution in [0.4, 0.5) is 0 Å². The Morgan fingerprint density at radius 3 is 2.71 bits per heavy atom. The van der Waals surface area contributed by atoms with Gasteiger partial charge in [-0.15, -0.1) is 0 Å². The predicted molar refractivity (Wildman–Crippen MR) is 98.4 cm³/mol. The number of hydrazone groups is 1. The smallest absolute Gasteiger partial charge is 0.250 e. The topological polar surface area (TPSA) is 70.1 Å². The Morgan fingerprint density at radius 2 is 1.96 bits per heavy atom. The molecule has 0 saturated heterocycles. The van der Waals surface area contributed by atoms with Gasteiger partial charge in [-0.05, 0) is 31.5 Å². The molecule has 0 bridgehead atoms. The van der Waals surface area contributed by atoms with Crippen molar-refractivity contribution in [1.29, 1.82) is 0 Å². The van der Waals surface area contributed by atoms with Crippen molar-refractivity contribution in [3.8, 4) is 0 Å². The molecular formula is C18H18N4OS. The van der Waals surface area contributed by atoms with Gasteiger partial charge in [0.05, 0.1) is 22.5 Å². The minimum Gasteiger partial charge on any atom is -0.333 e. The number of nitrogens with one attached hydrogen (secondary N) is 2. The van der Waals surface area contributed by atoms with Crippen molar-refractivity contribution >= 4 is 34.4 Å². The molecule has 3 aromatic rings. The molecule has 2 N–H and O–H groups in total. The molecule has 1 amide bonds. The summed E-state index contributed by atoms with van der Waals surface area (Å²) in [7, 11) is 0. The highest BCUT2D eigenvalue weighted by Gasteiger charge is 2.06. The number of thioether (sulfide) groups is 1. The normalized spacial score (nSPS) is 11.7. The lowest BCUT2D eigenvalue weighted by Gasteiger charge is -2.03. The fourth-order valence-electron chi connectivity index (χ4n) is 2.17. The van der Waals surface area contributed by atoms with Crippen molar-refractivity contribution in [3.63, 3.8) is 0 Å². The molecule has 0 fully saturated rings. The predicted octanol–water partition coefficient (Wildman–Crippen LogP) is 3.50. The second-order valence-corrected chi connectivity index (χ2v) is 6.41. The number of fused-ring (bicyclic) bond motifs is 1. The number of rotatable bonds is 5. The molecule has 2 aromatic carbocycles. The zero-order valence-corrected chi connectivity index (χ0v) is 14.4. The van der Waals surface area contributed by atoms with Crippen LogP contribution < -0.4 is 5.43 Å². The Morgan fingerprint density at radius 1 is 1.21 bits per heavy atom. The average molecular weight is 338 g/mol. The highest BCUT2D eigenvalue weighted by Crippen LogP contribution is 2.18. The van der Waals surface area contributed by atoms with E-state index < -0.39 is 0 Å². The van der Waals surface area contributed by atoms with Crippen LogP contribution in [0.5, 0.6) is 0 Å². The lowest BCUT2D eigenvalue weighted by atomic mass is 10.1. The van der Waals surface area contributed by atoms with E-state index in [1.807, 2.05) is 62.4 Å². The van der Waals surface area contributed by atoms with Crippen LogP contribution in [0.15, 0.2) is 58.8 Å². The molecule has 122 valence electrons. The molecule has 3 rings (SSSR count). The number of hydrogen-bond donors (Lipinski definition) is 2. The molecule has 0 aliphatic carbocycles. The number of aryl methyl sites for hydroxylation is 1. The van der Waals surface area contributed by atoms with Crippen LogP contribution in [-0.4, -0.2) is 27.3 Å². The molecule has 0 radical (unpaired) electrons. The van der Waals surface area contributed by atoms with Gasteiger partial charge in [-0.1, -0.05) is 53.7 Å². The van der Waals surface area contributed by atoms with Gasteiger partial charge in [-0.2, -0.15) is 5.10 Å². The molecule has 0 aliphatic heterocycles. The van der Waals surface area contributed by atoms with Crippen LogP contribution in [0.2, 0.25) is 0 Å². The maximum atomic E-state index is 11.9. The van der Waals surface area contributed by atoms with E-state index in [-0.39, 0.29) is 11.7 Å². The first-order valence-corrected chi connectivity index (χ1v) is 8.58. The van der Waals surface area contributed by atoms with E-state index >= 15 is 0 Å². The van der Waals surface area contributed by atoms with E-state index in [1.165, 1.54) is 17.3 Å². The van der Waals surface area contributed by atoms with E-state index in [4.69, 9.17) is 0 Å². The van der Waals surface area contributed by atoms with Gasteiger partial charge in [0.1, 0.15) is 0 Å². The molecule has 0 saturated carbocycles. The number of nitrogens with zero attached hydrogens (tertiary/aromatic N) is 2. The van der Waals surface area contributed by atoms with Crippen molar-refractivity contribution < 1.29 is 4.79 Å². The number of aromatic nitrogens is 2. The number of benzene rings is 2. The summed E-state index contributed by atoms with van der Waals surface area (Å²) in [6, 6.07) is 15.8. The van der Waals surface area contributed by atoms with Crippen molar-refractivity contribution in [2.75, 3.05) is 5.75 Å². The molecule has 24 heavy (non-hydrogen) atoms. The monoisotopic (exact) mass is 338 g/mol. The highest BCUT2D eigenvalue weighted by molar-refractivity contribution is 7.99. The summed E-state index contributed by atoms with van der Waals surface area (Å²) in [6.45, 7) is 3.91. The summed E-state index contributed by atoms with van der Waals surface area (Å²) in [5, 5.41) is 4.88. The molecule has 0 aliphatic rings. The van der Waals surface area contributed by atoms with E-state index in [2.05, 4.69) is 20.5 Å². The van der Waals surface area contributed by atoms with Gasteiger partial charge >= 0.3 is 0 Å². The standard InChI is InChI=1S/C18H18N4OS/c1-12-7-9-14(10-8-12)13(2)21-22-17(23)11-24-18-19-15-5-3-4-6-16(15)20-18/h3-10H,11H2,1-2H3,(H,19,20)(H,22,23)/b21-13-. The average Bonchev–Trinajstić information content (AvgIpc) is 3.01. The fourth-order valence-corrected chi connectivity index (χ4v) is 2.85.